The second-order valence-corrected chi connectivity index (χ2v) is 5.20. The van der Waals surface area contributed by atoms with E-state index in [9.17, 15) is 8.42 Å². The van der Waals surface area contributed by atoms with Gasteiger partial charge < -0.3 is 9.47 Å². The number of nitriles is 1. The molecule has 0 bridgehead atoms. The summed E-state index contributed by atoms with van der Waals surface area (Å²) in [6.07, 6.45) is 0. The first-order chi connectivity index (χ1) is 8.51. The summed E-state index contributed by atoms with van der Waals surface area (Å²) in [4.78, 5) is 0. The van der Waals surface area contributed by atoms with E-state index in [1.807, 2.05) is 6.07 Å². The maximum absolute atomic E-state index is 10.6. The van der Waals surface area contributed by atoms with Crippen molar-refractivity contribution in [2.45, 2.75) is 0 Å². The summed E-state index contributed by atoms with van der Waals surface area (Å²) in [6.45, 7) is 0.576. The van der Waals surface area contributed by atoms with E-state index in [1.165, 1.54) is 0 Å². The summed E-state index contributed by atoms with van der Waals surface area (Å²) < 4.78 is 31.5. The molecule has 1 aromatic carbocycles. The molecule has 0 aromatic heterocycles. The third kappa shape index (κ3) is 6.20. The standard InChI is InChI=1S/C11H14N2O4S/c12-9-10-2-1-3-11(8-10)17-5-4-16-6-7-18(13,14)15/h1-3,8H,4-7H2,(H2,13,14,15). The van der Waals surface area contributed by atoms with Crippen molar-refractivity contribution in [3.8, 4) is 11.8 Å². The van der Waals surface area contributed by atoms with Crippen molar-refractivity contribution in [3.05, 3.63) is 29.8 Å². The van der Waals surface area contributed by atoms with E-state index in [0.717, 1.165) is 0 Å². The van der Waals surface area contributed by atoms with E-state index in [4.69, 9.17) is 19.9 Å². The first kappa shape index (κ1) is 14.4. The second-order valence-electron chi connectivity index (χ2n) is 3.47. The van der Waals surface area contributed by atoms with E-state index >= 15 is 0 Å². The maximum atomic E-state index is 10.6. The van der Waals surface area contributed by atoms with Crippen LogP contribution in [-0.4, -0.2) is 34.0 Å². The lowest BCUT2D eigenvalue weighted by molar-refractivity contribution is 0.111. The van der Waals surface area contributed by atoms with Gasteiger partial charge in [-0.1, -0.05) is 6.07 Å². The van der Waals surface area contributed by atoms with Crippen molar-refractivity contribution >= 4 is 10.0 Å². The first-order valence-electron chi connectivity index (χ1n) is 5.22. The Bertz CT molecular complexity index is 522. The normalized spacial score (nSPS) is 10.9. The summed E-state index contributed by atoms with van der Waals surface area (Å²) in [5, 5.41) is 13.5. The number of nitrogens with two attached hydrogens (primary N) is 1. The zero-order valence-electron chi connectivity index (χ0n) is 9.70. The molecule has 0 atom stereocenters. The highest BCUT2D eigenvalue weighted by atomic mass is 32.2. The average molecular weight is 270 g/mol. The number of sulfonamides is 1. The van der Waals surface area contributed by atoms with Crippen LogP contribution in [0.5, 0.6) is 5.75 Å². The fourth-order valence-electron chi connectivity index (χ4n) is 1.15. The Kier molecular flexibility index (Phi) is 5.58. The Labute approximate surface area is 106 Å². The number of ether oxygens (including phenoxy) is 2. The summed E-state index contributed by atoms with van der Waals surface area (Å²) in [6, 6.07) is 8.74. The van der Waals surface area contributed by atoms with E-state index in [1.54, 1.807) is 24.3 Å². The maximum Gasteiger partial charge on any atom is 0.211 e. The SMILES string of the molecule is N#Cc1cccc(OCCOCCS(N)(=O)=O)c1. The lowest BCUT2D eigenvalue weighted by Crippen LogP contribution is -2.21. The van der Waals surface area contributed by atoms with Crippen LogP contribution in [-0.2, 0) is 14.8 Å². The molecule has 6 nitrogen and oxygen atoms in total. The molecule has 0 fully saturated rings. The van der Waals surface area contributed by atoms with E-state index in [2.05, 4.69) is 0 Å². The Morgan fingerprint density at radius 3 is 2.72 bits per heavy atom. The third-order valence-electron chi connectivity index (χ3n) is 1.97. The molecule has 0 amide bonds. The zero-order chi connectivity index (χ0) is 13.4. The molecular weight excluding hydrogens is 256 g/mol. The van der Waals surface area contributed by atoms with Gasteiger partial charge in [-0.2, -0.15) is 5.26 Å². The van der Waals surface area contributed by atoms with E-state index in [0.29, 0.717) is 11.3 Å². The molecule has 98 valence electrons. The van der Waals surface area contributed by atoms with E-state index in [-0.39, 0.29) is 25.6 Å². The minimum absolute atomic E-state index is 0.0421. The summed E-state index contributed by atoms with van der Waals surface area (Å²) in [5.41, 5.74) is 0.516. The molecule has 1 aromatic rings. The second kappa shape index (κ2) is 6.96. The molecule has 2 N–H and O–H groups in total. The fraction of sp³-hybridized carbons (Fsp3) is 0.364. The van der Waals surface area contributed by atoms with Crippen molar-refractivity contribution in [1.29, 1.82) is 5.26 Å². The van der Waals surface area contributed by atoms with Crippen molar-refractivity contribution < 1.29 is 17.9 Å². The van der Waals surface area contributed by atoms with Gasteiger partial charge in [-0.25, -0.2) is 13.6 Å². The van der Waals surface area contributed by atoms with E-state index < -0.39 is 10.0 Å². The minimum Gasteiger partial charge on any atom is -0.491 e. The summed E-state index contributed by atoms with van der Waals surface area (Å²) >= 11 is 0. The highest BCUT2D eigenvalue weighted by Gasteiger charge is 2.01. The highest BCUT2D eigenvalue weighted by molar-refractivity contribution is 7.89. The van der Waals surface area contributed by atoms with Crippen LogP contribution >= 0.6 is 0 Å². The number of nitrogens with zero attached hydrogens (tertiary/aromatic N) is 1. The molecule has 0 aliphatic rings. The summed E-state index contributed by atoms with van der Waals surface area (Å²) in [7, 11) is -3.47. The van der Waals surface area contributed by atoms with Crippen molar-refractivity contribution in [1.82, 2.24) is 0 Å². The predicted molar refractivity (Wildman–Crippen MR) is 65.4 cm³/mol. The van der Waals surface area contributed by atoms with Gasteiger partial charge in [0.25, 0.3) is 0 Å². The Morgan fingerprint density at radius 1 is 1.28 bits per heavy atom. The predicted octanol–water partition coefficient (Wildman–Crippen LogP) is 0.242. The molecule has 1 rings (SSSR count). The number of benzene rings is 1. The molecular formula is C11H14N2O4S. The molecule has 0 unspecified atom stereocenters. The van der Waals surface area contributed by atoms with Gasteiger partial charge in [0.15, 0.2) is 0 Å². The quantitative estimate of drug-likeness (QED) is 0.715. The topological polar surface area (TPSA) is 102 Å². The van der Waals surface area contributed by atoms with Crippen molar-refractivity contribution in [2.75, 3.05) is 25.6 Å². The van der Waals surface area contributed by atoms with Crippen molar-refractivity contribution in [3.63, 3.8) is 0 Å². The molecule has 0 heterocycles. The molecule has 7 heteroatoms. The van der Waals surface area contributed by atoms with Crippen LogP contribution in [0.1, 0.15) is 5.56 Å². The highest BCUT2D eigenvalue weighted by Crippen LogP contribution is 2.12. The van der Waals surface area contributed by atoms with Gasteiger partial charge in [-0.05, 0) is 18.2 Å². The average Bonchev–Trinajstić information content (AvgIpc) is 2.32. The molecule has 0 aliphatic carbocycles. The van der Waals surface area contributed by atoms with Gasteiger partial charge in [0.05, 0.1) is 30.6 Å². The zero-order valence-corrected chi connectivity index (χ0v) is 10.5. The Hall–Kier alpha value is -1.62. The Morgan fingerprint density at radius 2 is 2.06 bits per heavy atom. The van der Waals surface area contributed by atoms with Gasteiger partial charge in [0.1, 0.15) is 12.4 Å². The molecule has 0 saturated carbocycles. The molecule has 0 saturated heterocycles. The van der Waals surface area contributed by atoms with Crippen LogP contribution in [0.3, 0.4) is 0 Å². The monoisotopic (exact) mass is 270 g/mol. The first-order valence-corrected chi connectivity index (χ1v) is 6.94. The lowest BCUT2D eigenvalue weighted by atomic mass is 10.2. The number of hydrogen-bond acceptors (Lipinski definition) is 5. The molecule has 0 spiro atoms. The Balaban J connectivity index is 2.20. The third-order valence-corrected chi connectivity index (χ3v) is 2.71. The number of rotatable bonds is 7. The van der Waals surface area contributed by atoms with Crippen LogP contribution < -0.4 is 9.88 Å². The van der Waals surface area contributed by atoms with Gasteiger partial charge >= 0.3 is 0 Å². The largest absolute Gasteiger partial charge is 0.491 e. The smallest absolute Gasteiger partial charge is 0.211 e. The number of hydrogen-bond donors (Lipinski definition) is 1. The van der Waals surface area contributed by atoms with Crippen LogP contribution in [0.25, 0.3) is 0 Å². The van der Waals surface area contributed by atoms with Crippen LogP contribution in [0, 0.1) is 11.3 Å². The van der Waals surface area contributed by atoms with Gasteiger partial charge in [-0.3, -0.25) is 0 Å². The minimum atomic E-state index is -3.47. The molecule has 0 aliphatic heterocycles. The number of primary sulfonamides is 1. The summed E-state index contributed by atoms with van der Waals surface area (Å²) in [5.74, 6) is 0.362. The van der Waals surface area contributed by atoms with Gasteiger partial charge in [-0.15, -0.1) is 0 Å². The van der Waals surface area contributed by atoms with Gasteiger partial charge in [0.2, 0.25) is 10.0 Å². The fourth-order valence-corrected chi connectivity index (χ4v) is 1.50. The van der Waals surface area contributed by atoms with Crippen LogP contribution in [0.2, 0.25) is 0 Å². The van der Waals surface area contributed by atoms with Crippen molar-refractivity contribution in [2.24, 2.45) is 5.14 Å². The van der Waals surface area contributed by atoms with Gasteiger partial charge in [0, 0.05) is 0 Å². The molecule has 0 radical (unpaired) electrons. The van der Waals surface area contributed by atoms with Crippen LogP contribution in [0.15, 0.2) is 24.3 Å². The lowest BCUT2D eigenvalue weighted by Gasteiger charge is -2.06. The van der Waals surface area contributed by atoms with Crippen LogP contribution in [0.4, 0.5) is 0 Å². The molecule has 18 heavy (non-hydrogen) atoms.